The smallest absolute Gasteiger partial charge is 0.134 e. The van der Waals surface area contributed by atoms with Crippen molar-refractivity contribution >= 4 is 0 Å². The standard InChI is InChI=1S/C9H12F2N2O/c1-14-8-3-5(10)2-6(11)9(8)7(13)4-12/h2-3,7H,4,12-13H2,1H3/t7-/m1/s1. The molecule has 0 saturated carbocycles. The predicted octanol–water partition coefficient (Wildman–Crippen LogP) is 0.932. The zero-order valence-electron chi connectivity index (χ0n) is 7.76. The fourth-order valence-electron chi connectivity index (χ4n) is 1.21. The van der Waals surface area contributed by atoms with Crippen molar-refractivity contribution in [3.05, 3.63) is 29.3 Å². The Morgan fingerprint density at radius 1 is 1.43 bits per heavy atom. The van der Waals surface area contributed by atoms with Crippen LogP contribution in [0.5, 0.6) is 5.75 Å². The van der Waals surface area contributed by atoms with Crippen molar-refractivity contribution in [2.75, 3.05) is 13.7 Å². The molecule has 0 aliphatic heterocycles. The van der Waals surface area contributed by atoms with E-state index in [1.54, 1.807) is 0 Å². The van der Waals surface area contributed by atoms with Crippen molar-refractivity contribution in [2.24, 2.45) is 11.5 Å². The van der Waals surface area contributed by atoms with Crippen LogP contribution in [0.3, 0.4) is 0 Å². The summed E-state index contributed by atoms with van der Waals surface area (Å²) in [5.41, 5.74) is 11.0. The molecular weight excluding hydrogens is 190 g/mol. The Morgan fingerprint density at radius 2 is 2.07 bits per heavy atom. The number of methoxy groups -OCH3 is 1. The average Bonchev–Trinajstić information content (AvgIpc) is 2.15. The van der Waals surface area contributed by atoms with Gasteiger partial charge in [-0.15, -0.1) is 0 Å². The molecule has 0 aliphatic carbocycles. The van der Waals surface area contributed by atoms with Crippen LogP contribution in [0.2, 0.25) is 0 Å². The number of nitrogens with two attached hydrogens (primary N) is 2. The summed E-state index contributed by atoms with van der Waals surface area (Å²) in [6.45, 7) is 0.0684. The molecule has 5 heteroatoms. The van der Waals surface area contributed by atoms with Crippen molar-refractivity contribution in [1.29, 1.82) is 0 Å². The summed E-state index contributed by atoms with van der Waals surface area (Å²) < 4.78 is 30.9. The summed E-state index contributed by atoms with van der Waals surface area (Å²) in [6, 6.07) is 1.15. The van der Waals surface area contributed by atoms with E-state index in [0.29, 0.717) is 0 Å². The van der Waals surface area contributed by atoms with Gasteiger partial charge in [0.2, 0.25) is 0 Å². The van der Waals surface area contributed by atoms with Crippen LogP contribution in [-0.2, 0) is 0 Å². The van der Waals surface area contributed by atoms with E-state index in [4.69, 9.17) is 16.2 Å². The van der Waals surface area contributed by atoms with Crippen LogP contribution >= 0.6 is 0 Å². The molecule has 0 amide bonds. The second-order valence-corrected chi connectivity index (χ2v) is 2.85. The van der Waals surface area contributed by atoms with E-state index in [-0.39, 0.29) is 17.9 Å². The third-order valence-electron chi connectivity index (χ3n) is 1.90. The summed E-state index contributed by atoms with van der Waals surface area (Å²) in [4.78, 5) is 0. The second kappa shape index (κ2) is 4.34. The Kier molecular flexibility index (Phi) is 3.38. The van der Waals surface area contributed by atoms with Gasteiger partial charge in [-0.05, 0) is 0 Å². The third kappa shape index (κ3) is 2.00. The molecule has 14 heavy (non-hydrogen) atoms. The highest BCUT2D eigenvalue weighted by atomic mass is 19.1. The zero-order chi connectivity index (χ0) is 10.7. The molecule has 0 aromatic heterocycles. The van der Waals surface area contributed by atoms with Gasteiger partial charge in [0.1, 0.15) is 17.4 Å². The molecule has 1 aromatic rings. The Bertz CT molecular complexity index is 331. The van der Waals surface area contributed by atoms with Gasteiger partial charge in [-0.1, -0.05) is 0 Å². The Hall–Kier alpha value is -1.20. The number of ether oxygens (including phenoxy) is 1. The lowest BCUT2D eigenvalue weighted by atomic mass is 10.1. The van der Waals surface area contributed by atoms with E-state index in [1.165, 1.54) is 7.11 Å². The van der Waals surface area contributed by atoms with Gasteiger partial charge in [0.05, 0.1) is 7.11 Å². The quantitative estimate of drug-likeness (QED) is 0.766. The van der Waals surface area contributed by atoms with E-state index in [2.05, 4.69) is 0 Å². The van der Waals surface area contributed by atoms with Gasteiger partial charge in [-0.3, -0.25) is 0 Å². The maximum absolute atomic E-state index is 13.3. The Labute approximate surface area is 80.7 Å². The number of hydrogen-bond acceptors (Lipinski definition) is 3. The summed E-state index contributed by atoms with van der Waals surface area (Å²) in [6.07, 6.45) is 0. The highest BCUT2D eigenvalue weighted by Crippen LogP contribution is 2.27. The van der Waals surface area contributed by atoms with Crippen LogP contribution in [0, 0.1) is 11.6 Å². The summed E-state index contributed by atoms with van der Waals surface area (Å²) in [7, 11) is 1.32. The van der Waals surface area contributed by atoms with Crippen LogP contribution in [-0.4, -0.2) is 13.7 Å². The minimum absolute atomic E-state index is 0.0684. The molecule has 0 fully saturated rings. The van der Waals surface area contributed by atoms with E-state index >= 15 is 0 Å². The highest BCUT2D eigenvalue weighted by molar-refractivity contribution is 5.37. The van der Waals surface area contributed by atoms with Gasteiger partial charge < -0.3 is 16.2 Å². The fourth-order valence-corrected chi connectivity index (χ4v) is 1.21. The number of hydrogen-bond donors (Lipinski definition) is 2. The molecule has 0 unspecified atom stereocenters. The molecule has 0 spiro atoms. The molecule has 1 rings (SSSR count). The van der Waals surface area contributed by atoms with Gasteiger partial charge in [0, 0.05) is 30.3 Å². The minimum Gasteiger partial charge on any atom is -0.496 e. The predicted molar refractivity (Wildman–Crippen MR) is 48.9 cm³/mol. The number of rotatable bonds is 3. The van der Waals surface area contributed by atoms with Crippen LogP contribution in [0.25, 0.3) is 0 Å². The van der Waals surface area contributed by atoms with Crippen LogP contribution < -0.4 is 16.2 Å². The zero-order valence-corrected chi connectivity index (χ0v) is 7.76. The first kappa shape index (κ1) is 10.9. The van der Waals surface area contributed by atoms with Crippen molar-refractivity contribution in [3.8, 4) is 5.75 Å². The van der Waals surface area contributed by atoms with Gasteiger partial charge >= 0.3 is 0 Å². The van der Waals surface area contributed by atoms with Gasteiger partial charge in [0.15, 0.2) is 0 Å². The second-order valence-electron chi connectivity index (χ2n) is 2.85. The maximum Gasteiger partial charge on any atom is 0.134 e. The summed E-state index contributed by atoms with van der Waals surface area (Å²) in [5.74, 6) is -1.35. The van der Waals surface area contributed by atoms with E-state index < -0.39 is 17.7 Å². The molecular formula is C9H12F2N2O. The van der Waals surface area contributed by atoms with Crippen molar-refractivity contribution in [1.82, 2.24) is 0 Å². The molecule has 3 nitrogen and oxygen atoms in total. The lowest BCUT2D eigenvalue weighted by molar-refractivity contribution is 0.394. The number of benzene rings is 1. The lowest BCUT2D eigenvalue weighted by Crippen LogP contribution is -2.22. The molecule has 0 radical (unpaired) electrons. The van der Waals surface area contributed by atoms with Gasteiger partial charge in [-0.25, -0.2) is 8.78 Å². The average molecular weight is 202 g/mol. The molecule has 0 bridgehead atoms. The Morgan fingerprint density at radius 3 is 2.57 bits per heavy atom. The first-order valence-electron chi connectivity index (χ1n) is 4.08. The van der Waals surface area contributed by atoms with Crippen molar-refractivity contribution in [2.45, 2.75) is 6.04 Å². The topological polar surface area (TPSA) is 61.3 Å². The molecule has 1 atom stereocenters. The summed E-state index contributed by atoms with van der Waals surface area (Å²) in [5, 5.41) is 0. The van der Waals surface area contributed by atoms with Crippen molar-refractivity contribution in [3.63, 3.8) is 0 Å². The monoisotopic (exact) mass is 202 g/mol. The largest absolute Gasteiger partial charge is 0.496 e. The minimum atomic E-state index is -0.736. The molecule has 1 aromatic carbocycles. The lowest BCUT2D eigenvalue weighted by Gasteiger charge is -2.14. The van der Waals surface area contributed by atoms with E-state index in [0.717, 1.165) is 12.1 Å². The van der Waals surface area contributed by atoms with Crippen LogP contribution in [0.4, 0.5) is 8.78 Å². The van der Waals surface area contributed by atoms with Crippen LogP contribution in [0.1, 0.15) is 11.6 Å². The van der Waals surface area contributed by atoms with Gasteiger partial charge in [0.25, 0.3) is 0 Å². The first-order valence-corrected chi connectivity index (χ1v) is 4.08. The SMILES string of the molecule is COc1cc(F)cc(F)c1[C@H](N)CN. The first-order chi connectivity index (χ1) is 6.60. The normalized spacial score (nSPS) is 12.6. The molecule has 0 heterocycles. The van der Waals surface area contributed by atoms with Gasteiger partial charge in [-0.2, -0.15) is 0 Å². The maximum atomic E-state index is 13.3. The third-order valence-corrected chi connectivity index (χ3v) is 1.90. The number of halogens is 2. The highest BCUT2D eigenvalue weighted by Gasteiger charge is 2.17. The fraction of sp³-hybridized carbons (Fsp3) is 0.333. The molecule has 0 saturated heterocycles. The van der Waals surface area contributed by atoms with E-state index in [1.807, 2.05) is 0 Å². The molecule has 4 N–H and O–H groups in total. The van der Waals surface area contributed by atoms with E-state index in [9.17, 15) is 8.78 Å². The van der Waals surface area contributed by atoms with Crippen molar-refractivity contribution < 1.29 is 13.5 Å². The van der Waals surface area contributed by atoms with Crippen LogP contribution in [0.15, 0.2) is 12.1 Å². The molecule has 0 aliphatic rings. The molecule has 78 valence electrons. The summed E-state index contributed by atoms with van der Waals surface area (Å²) >= 11 is 0. The Balaban J connectivity index is 3.24.